The largest absolute Gasteiger partial charge is 0.508 e. The van der Waals surface area contributed by atoms with Gasteiger partial charge < -0.3 is 14.9 Å². The Morgan fingerprint density at radius 3 is 2.77 bits per heavy atom. The summed E-state index contributed by atoms with van der Waals surface area (Å²) in [6.07, 6.45) is 1.32. The minimum absolute atomic E-state index is 0.00121. The van der Waals surface area contributed by atoms with Crippen LogP contribution in [0.15, 0.2) is 47.6 Å². The highest BCUT2D eigenvalue weighted by molar-refractivity contribution is 5.95. The average Bonchev–Trinajstić information content (AvgIpc) is 2.51. The van der Waals surface area contributed by atoms with Crippen molar-refractivity contribution >= 4 is 12.1 Å². The zero-order valence-corrected chi connectivity index (χ0v) is 12.0. The Balaban J connectivity index is 2.07. The Morgan fingerprint density at radius 1 is 1.27 bits per heavy atom. The van der Waals surface area contributed by atoms with E-state index in [1.807, 2.05) is 6.92 Å². The zero-order chi connectivity index (χ0) is 15.9. The van der Waals surface area contributed by atoms with Crippen molar-refractivity contribution in [1.82, 2.24) is 5.43 Å². The minimum Gasteiger partial charge on any atom is -0.508 e. The molecule has 0 unspecified atom stereocenters. The number of nitrogens with one attached hydrogen (secondary N) is 1. The first-order chi connectivity index (χ1) is 10.6. The van der Waals surface area contributed by atoms with Crippen molar-refractivity contribution in [2.75, 3.05) is 6.61 Å². The van der Waals surface area contributed by atoms with Gasteiger partial charge in [0, 0.05) is 11.1 Å². The number of carbonyl (C=O) groups is 1. The highest BCUT2D eigenvalue weighted by Gasteiger charge is 2.07. The van der Waals surface area contributed by atoms with Gasteiger partial charge in [-0.05, 0) is 37.3 Å². The monoisotopic (exact) mass is 300 g/mol. The molecule has 2 aromatic carbocycles. The summed E-state index contributed by atoms with van der Waals surface area (Å²) in [7, 11) is 0. The number of carbonyl (C=O) groups excluding carboxylic acids is 1. The molecule has 1 amide bonds. The molecule has 0 radical (unpaired) electrons. The van der Waals surface area contributed by atoms with Crippen molar-refractivity contribution < 1.29 is 19.7 Å². The Hall–Kier alpha value is -3.02. The number of aromatic hydroxyl groups is 2. The van der Waals surface area contributed by atoms with Crippen molar-refractivity contribution in [1.29, 1.82) is 0 Å². The molecule has 0 saturated heterocycles. The van der Waals surface area contributed by atoms with Crippen LogP contribution in [0.25, 0.3) is 0 Å². The zero-order valence-electron chi connectivity index (χ0n) is 12.0. The average molecular weight is 300 g/mol. The van der Waals surface area contributed by atoms with Crippen LogP contribution in [0.2, 0.25) is 0 Å². The molecule has 0 fully saturated rings. The van der Waals surface area contributed by atoms with Gasteiger partial charge in [-0.1, -0.05) is 12.1 Å². The van der Waals surface area contributed by atoms with E-state index >= 15 is 0 Å². The topological polar surface area (TPSA) is 91.2 Å². The van der Waals surface area contributed by atoms with Gasteiger partial charge in [0.05, 0.1) is 12.8 Å². The van der Waals surface area contributed by atoms with Crippen LogP contribution in [-0.2, 0) is 0 Å². The number of nitrogens with zero attached hydrogens (tertiary/aromatic N) is 1. The van der Waals surface area contributed by atoms with Gasteiger partial charge in [-0.3, -0.25) is 4.79 Å². The molecule has 114 valence electrons. The van der Waals surface area contributed by atoms with E-state index in [0.717, 1.165) is 0 Å². The van der Waals surface area contributed by atoms with Crippen LogP contribution < -0.4 is 10.2 Å². The number of ether oxygens (including phenoxy) is 1. The molecule has 0 aromatic heterocycles. The second-order valence-corrected chi connectivity index (χ2v) is 4.38. The number of rotatable bonds is 5. The van der Waals surface area contributed by atoms with Crippen molar-refractivity contribution in [3.05, 3.63) is 53.6 Å². The van der Waals surface area contributed by atoms with Crippen molar-refractivity contribution in [3.8, 4) is 17.2 Å². The minimum atomic E-state index is -0.465. The van der Waals surface area contributed by atoms with E-state index in [4.69, 9.17) is 4.74 Å². The molecular weight excluding hydrogens is 284 g/mol. The van der Waals surface area contributed by atoms with E-state index in [1.165, 1.54) is 18.3 Å². The summed E-state index contributed by atoms with van der Waals surface area (Å²) < 4.78 is 5.26. The molecule has 3 N–H and O–H groups in total. The first-order valence-electron chi connectivity index (χ1n) is 6.69. The SMILES string of the molecule is CCOc1cccc(/C=N/NC(=O)c2cccc(O)c2)c1O. The molecule has 2 aromatic rings. The fourth-order valence-corrected chi connectivity index (χ4v) is 1.79. The van der Waals surface area contributed by atoms with Gasteiger partial charge in [0.2, 0.25) is 0 Å². The standard InChI is InChI=1S/C16H16N2O4/c1-2-22-14-8-4-6-12(15(14)20)10-17-18-16(21)11-5-3-7-13(19)9-11/h3-10,19-20H,2H2,1H3,(H,18,21)/b17-10+. The molecular formula is C16H16N2O4. The van der Waals surface area contributed by atoms with E-state index in [0.29, 0.717) is 17.9 Å². The highest BCUT2D eigenvalue weighted by Crippen LogP contribution is 2.28. The Kier molecular flexibility index (Phi) is 4.98. The van der Waals surface area contributed by atoms with Crippen molar-refractivity contribution in [3.63, 3.8) is 0 Å². The number of benzene rings is 2. The third-order valence-corrected chi connectivity index (χ3v) is 2.81. The maximum atomic E-state index is 11.8. The van der Waals surface area contributed by atoms with Gasteiger partial charge >= 0.3 is 0 Å². The number of hydrogen-bond donors (Lipinski definition) is 3. The second kappa shape index (κ2) is 7.12. The molecule has 0 spiro atoms. The molecule has 0 aliphatic rings. The number of hydrazone groups is 1. The molecule has 2 rings (SSSR count). The Morgan fingerprint density at radius 2 is 2.05 bits per heavy atom. The Bertz CT molecular complexity index is 698. The van der Waals surface area contributed by atoms with Crippen LogP contribution in [0.4, 0.5) is 0 Å². The van der Waals surface area contributed by atoms with Crippen LogP contribution in [0, 0.1) is 0 Å². The summed E-state index contributed by atoms with van der Waals surface area (Å²) in [5.41, 5.74) is 3.02. The summed E-state index contributed by atoms with van der Waals surface area (Å²) in [4.78, 5) is 11.8. The summed E-state index contributed by atoms with van der Waals surface area (Å²) in [5.74, 6) is -0.156. The third-order valence-electron chi connectivity index (χ3n) is 2.81. The summed E-state index contributed by atoms with van der Waals surface area (Å²) in [5, 5.41) is 23.1. The van der Waals surface area contributed by atoms with Gasteiger partial charge in [0.1, 0.15) is 5.75 Å². The Labute approximate surface area is 127 Å². The molecule has 0 saturated carbocycles. The lowest BCUT2D eigenvalue weighted by atomic mass is 10.2. The third kappa shape index (κ3) is 3.76. The smallest absolute Gasteiger partial charge is 0.271 e. The lowest BCUT2D eigenvalue weighted by Crippen LogP contribution is -2.17. The molecule has 6 heteroatoms. The van der Waals surface area contributed by atoms with Crippen LogP contribution in [0.3, 0.4) is 0 Å². The van der Waals surface area contributed by atoms with Gasteiger partial charge in [0.15, 0.2) is 11.5 Å². The van der Waals surface area contributed by atoms with Gasteiger partial charge in [-0.25, -0.2) is 5.43 Å². The quantitative estimate of drug-likeness (QED) is 0.583. The predicted molar refractivity (Wildman–Crippen MR) is 82.4 cm³/mol. The normalized spacial score (nSPS) is 10.6. The molecule has 0 aliphatic carbocycles. The predicted octanol–water partition coefficient (Wildman–Crippen LogP) is 2.26. The van der Waals surface area contributed by atoms with Gasteiger partial charge in [-0.15, -0.1) is 0 Å². The van der Waals surface area contributed by atoms with Crippen molar-refractivity contribution in [2.24, 2.45) is 5.10 Å². The molecule has 6 nitrogen and oxygen atoms in total. The van der Waals surface area contributed by atoms with E-state index in [-0.39, 0.29) is 17.1 Å². The van der Waals surface area contributed by atoms with E-state index in [9.17, 15) is 15.0 Å². The van der Waals surface area contributed by atoms with E-state index in [2.05, 4.69) is 10.5 Å². The van der Waals surface area contributed by atoms with Gasteiger partial charge in [-0.2, -0.15) is 5.10 Å². The van der Waals surface area contributed by atoms with Gasteiger partial charge in [0.25, 0.3) is 5.91 Å². The van der Waals surface area contributed by atoms with Crippen LogP contribution in [0.5, 0.6) is 17.2 Å². The number of phenolic OH excluding ortho intramolecular Hbond substituents is 2. The molecule has 0 bridgehead atoms. The van der Waals surface area contributed by atoms with Crippen LogP contribution in [0.1, 0.15) is 22.8 Å². The molecule has 0 heterocycles. The lowest BCUT2D eigenvalue weighted by Gasteiger charge is -2.07. The number of para-hydroxylation sites is 1. The number of phenols is 2. The summed E-state index contributed by atoms with van der Waals surface area (Å²) >= 11 is 0. The maximum absolute atomic E-state index is 11.8. The number of amides is 1. The van der Waals surface area contributed by atoms with Crippen LogP contribution >= 0.6 is 0 Å². The lowest BCUT2D eigenvalue weighted by molar-refractivity contribution is 0.0954. The second-order valence-electron chi connectivity index (χ2n) is 4.38. The molecule has 0 atom stereocenters. The fourth-order valence-electron chi connectivity index (χ4n) is 1.79. The fraction of sp³-hybridized carbons (Fsp3) is 0.125. The highest BCUT2D eigenvalue weighted by atomic mass is 16.5. The van der Waals surface area contributed by atoms with Crippen LogP contribution in [-0.4, -0.2) is 28.9 Å². The van der Waals surface area contributed by atoms with E-state index in [1.54, 1.807) is 30.3 Å². The van der Waals surface area contributed by atoms with Crippen molar-refractivity contribution in [2.45, 2.75) is 6.92 Å². The van der Waals surface area contributed by atoms with E-state index < -0.39 is 5.91 Å². The first kappa shape index (κ1) is 15.4. The summed E-state index contributed by atoms with van der Waals surface area (Å²) in [6.45, 7) is 2.25. The molecule has 0 aliphatic heterocycles. The number of hydrogen-bond acceptors (Lipinski definition) is 5. The first-order valence-corrected chi connectivity index (χ1v) is 6.69. The summed E-state index contributed by atoms with van der Waals surface area (Å²) in [6, 6.07) is 10.9. The molecule has 22 heavy (non-hydrogen) atoms. The maximum Gasteiger partial charge on any atom is 0.271 e.